The standard InChI is InChI=1S/C16H19NS2/c1-13(17)14-6-5-9-16(12-14)19-11-10-18-15-7-3-2-4-8-15/h2-9,12-13H,10-11,17H2,1H3. The quantitative estimate of drug-likeness (QED) is 0.622. The van der Waals surface area contributed by atoms with Gasteiger partial charge in [-0.05, 0) is 36.8 Å². The van der Waals surface area contributed by atoms with E-state index in [1.165, 1.54) is 15.4 Å². The van der Waals surface area contributed by atoms with Gasteiger partial charge in [-0.25, -0.2) is 0 Å². The van der Waals surface area contributed by atoms with Crippen LogP contribution >= 0.6 is 23.5 Å². The summed E-state index contributed by atoms with van der Waals surface area (Å²) in [6.45, 7) is 2.02. The van der Waals surface area contributed by atoms with Gasteiger partial charge in [-0.15, -0.1) is 23.5 Å². The molecule has 0 aliphatic carbocycles. The molecule has 0 aromatic heterocycles. The van der Waals surface area contributed by atoms with E-state index in [0.29, 0.717) is 0 Å². The van der Waals surface area contributed by atoms with Gasteiger partial charge in [0, 0.05) is 27.3 Å². The van der Waals surface area contributed by atoms with Crippen LogP contribution in [0.25, 0.3) is 0 Å². The van der Waals surface area contributed by atoms with E-state index in [0.717, 1.165) is 11.5 Å². The van der Waals surface area contributed by atoms with Crippen molar-refractivity contribution in [3.63, 3.8) is 0 Å². The molecule has 2 aromatic carbocycles. The van der Waals surface area contributed by atoms with E-state index in [2.05, 4.69) is 54.6 Å². The lowest BCUT2D eigenvalue weighted by Gasteiger charge is -2.08. The summed E-state index contributed by atoms with van der Waals surface area (Å²) in [4.78, 5) is 2.65. The molecule has 0 radical (unpaired) electrons. The van der Waals surface area contributed by atoms with Crippen LogP contribution in [0.1, 0.15) is 18.5 Å². The third-order valence-electron chi connectivity index (χ3n) is 2.75. The number of thioether (sulfide) groups is 2. The molecule has 0 fully saturated rings. The lowest BCUT2D eigenvalue weighted by Crippen LogP contribution is -2.04. The van der Waals surface area contributed by atoms with Crippen molar-refractivity contribution in [2.75, 3.05) is 11.5 Å². The summed E-state index contributed by atoms with van der Waals surface area (Å²) in [6, 6.07) is 19.2. The highest BCUT2D eigenvalue weighted by atomic mass is 32.2. The van der Waals surface area contributed by atoms with Crippen molar-refractivity contribution in [3.05, 3.63) is 60.2 Å². The Morgan fingerprint density at radius 3 is 2.21 bits per heavy atom. The van der Waals surface area contributed by atoms with Crippen LogP contribution in [0.2, 0.25) is 0 Å². The van der Waals surface area contributed by atoms with Gasteiger partial charge in [0.1, 0.15) is 0 Å². The minimum atomic E-state index is 0.110. The highest BCUT2D eigenvalue weighted by molar-refractivity contribution is 8.03. The van der Waals surface area contributed by atoms with Gasteiger partial charge in [0.15, 0.2) is 0 Å². The molecular weight excluding hydrogens is 270 g/mol. The van der Waals surface area contributed by atoms with E-state index in [1.807, 2.05) is 30.4 Å². The Hall–Kier alpha value is -0.900. The van der Waals surface area contributed by atoms with Crippen molar-refractivity contribution in [3.8, 4) is 0 Å². The number of hydrogen-bond acceptors (Lipinski definition) is 3. The van der Waals surface area contributed by atoms with Gasteiger partial charge >= 0.3 is 0 Å². The maximum absolute atomic E-state index is 5.90. The predicted octanol–water partition coefficient (Wildman–Crippen LogP) is 4.59. The van der Waals surface area contributed by atoms with E-state index in [-0.39, 0.29) is 6.04 Å². The van der Waals surface area contributed by atoms with E-state index < -0.39 is 0 Å². The van der Waals surface area contributed by atoms with Gasteiger partial charge in [-0.2, -0.15) is 0 Å². The van der Waals surface area contributed by atoms with E-state index >= 15 is 0 Å². The zero-order valence-electron chi connectivity index (χ0n) is 11.1. The summed E-state index contributed by atoms with van der Waals surface area (Å²) >= 11 is 3.80. The summed E-state index contributed by atoms with van der Waals surface area (Å²) in [7, 11) is 0. The van der Waals surface area contributed by atoms with Gasteiger partial charge in [-0.1, -0.05) is 30.3 Å². The van der Waals surface area contributed by atoms with Gasteiger partial charge < -0.3 is 5.73 Å². The second-order valence-electron chi connectivity index (χ2n) is 4.37. The Kier molecular flexibility index (Phi) is 5.83. The molecule has 0 saturated carbocycles. The topological polar surface area (TPSA) is 26.0 Å². The third-order valence-corrected chi connectivity index (χ3v) is 5.02. The van der Waals surface area contributed by atoms with Crippen LogP contribution < -0.4 is 5.73 Å². The molecule has 1 unspecified atom stereocenters. The number of benzene rings is 2. The van der Waals surface area contributed by atoms with Crippen LogP contribution in [0.4, 0.5) is 0 Å². The summed E-state index contributed by atoms with van der Waals surface area (Å²) in [6.07, 6.45) is 0. The summed E-state index contributed by atoms with van der Waals surface area (Å²) in [5, 5.41) is 0. The molecule has 0 aliphatic rings. The fourth-order valence-corrected chi connectivity index (χ4v) is 3.61. The Balaban J connectivity index is 1.78. The molecule has 0 spiro atoms. The van der Waals surface area contributed by atoms with Crippen molar-refractivity contribution in [2.24, 2.45) is 5.73 Å². The minimum Gasteiger partial charge on any atom is -0.324 e. The molecule has 19 heavy (non-hydrogen) atoms. The highest BCUT2D eigenvalue weighted by Crippen LogP contribution is 2.24. The van der Waals surface area contributed by atoms with Crippen LogP contribution in [-0.2, 0) is 0 Å². The molecule has 0 saturated heterocycles. The van der Waals surface area contributed by atoms with Crippen molar-refractivity contribution in [1.29, 1.82) is 0 Å². The molecule has 2 aromatic rings. The number of nitrogens with two attached hydrogens (primary N) is 1. The number of hydrogen-bond donors (Lipinski definition) is 1. The monoisotopic (exact) mass is 289 g/mol. The van der Waals surface area contributed by atoms with Gasteiger partial charge in [-0.3, -0.25) is 0 Å². The second kappa shape index (κ2) is 7.63. The van der Waals surface area contributed by atoms with Crippen LogP contribution in [0.3, 0.4) is 0 Å². The first-order valence-corrected chi connectivity index (χ1v) is 8.39. The average molecular weight is 289 g/mol. The SMILES string of the molecule is CC(N)c1cccc(SCCSc2ccccc2)c1. The molecule has 0 amide bonds. The molecule has 1 nitrogen and oxygen atoms in total. The molecular formula is C16H19NS2. The molecule has 2 rings (SSSR count). The fourth-order valence-electron chi connectivity index (χ4n) is 1.72. The largest absolute Gasteiger partial charge is 0.324 e. The smallest absolute Gasteiger partial charge is 0.0266 e. The van der Waals surface area contributed by atoms with Gasteiger partial charge in [0.05, 0.1) is 0 Å². The maximum atomic E-state index is 5.90. The van der Waals surface area contributed by atoms with Gasteiger partial charge in [0.25, 0.3) is 0 Å². The van der Waals surface area contributed by atoms with Crippen LogP contribution in [0.15, 0.2) is 64.4 Å². The molecule has 1 atom stereocenters. The molecule has 0 heterocycles. The Bertz CT molecular complexity index is 497. The van der Waals surface area contributed by atoms with Crippen LogP contribution in [0.5, 0.6) is 0 Å². The third kappa shape index (κ3) is 4.94. The molecule has 0 bridgehead atoms. The summed E-state index contributed by atoms with van der Waals surface area (Å²) in [5.41, 5.74) is 7.11. The van der Waals surface area contributed by atoms with E-state index in [9.17, 15) is 0 Å². The van der Waals surface area contributed by atoms with Crippen molar-refractivity contribution < 1.29 is 0 Å². The Labute approximate surface area is 124 Å². The lowest BCUT2D eigenvalue weighted by atomic mass is 10.1. The minimum absolute atomic E-state index is 0.110. The lowest BCUT2D eigenvalue weighted by molar-refractivity contribution is 0.815. The Morgan fingerprint density at radius 1 is 0.895 bits per heavy atom. The van der Waals surface area contributed by atoms with Gasteiger partial charge in [0.2, 0.25) is 0 Å². The fraction of sp³-hybridized carbons (Fsp3) is 0.250. The zero-order chi connectivity index (χ0) is 13.5. The van der Waals surface area contributed by atoms with Crippen molar-refractivity contribution in [1.82, 2.24) is 0 Å². The van der Waals surface area contributed by atoms with E-state index in [1.54, 1.807) is 0 Å². The van der Waals surface area contributed by atoms with E-state index in [4.69, 9.17) is 5.73 Å². The summed E-state index contributed by atoms with van der Waals surface area (Å²) < 4.78 is 0. The number of rotatable bonds is 6. The average Bonchev–Trinajstić information content (AvgIpc) is 2.45. The predicted molar refractivity (Wildman–Crippen MR) is 86.9 cm³/mol. The molecule has 2 N–H and O–H groups in total. The first kappa shape index (κ1) is 14.5. The van der Waals surface area contributed by atoms with Crippen LogP contribution in [0, 0.1) is 0 Å². The first-order valence-electron chi connectivity index (χ1n) is 6.42. The maximum Gasteiger partial charge on any atom is 0.0266 e. The second-order valence-corrected chi connectivity index (χ2v) is 6.71. The molecule has 0 aliphatic heterocycles. The van der Waals surface area contributed by atoms with Crippen molar-refractivity contribution >= 4 is 23.5 Å². The highest BCUT2D eigenvalue weighted by Gasteiger charge is 2.01. The first-order chi connectivity index (χ1) is 9.25. The summed E-state index contributed by atoms with van der Waals surface area (Å²) in [5.74, 6) is 2.24. The molecule has 100 valence electrons. The Morgan fingerprint density at radius 2 is 1.53 bits per heavy atom. The normalized spacial score (nSPS) is 12.3. The van der Waals surface area contributed by atoms with Crippen molar-refractivity contribution in [2.45, 2.75) is 22.8 Å². The molecule has 3 heteroatoms. The van der Waals surface area contributed by atoms with Crippen LogP contribution in [-0.4, -0.2) is 11.5 Å². The zero-order valence-corrected chi connectivity index (χ0v) is 12.7.